The van der Waals surface area contributed by atoms with Crippen LogP contribution in [0, 0.1) is 4.91 Å². The number of carboxylic acid groups (broad SMARTS) is 1. The van der Waals surface area contributed by atoms with Crippen LogP contribution in [0.25, 0.3) is 0 Å². The second-order valence-electron chi connectivity index (χ2n) is 1.96. The van der Waals surface area contributed by atoms with E-state index in [-0.39, 0.29) is 5.75 Å². The Morgan fingerprint density at radius 1 is 1.67 bits per heavy atom. The smallest absolute Gasteiger partial charge is 0.327 e. The van der Waals surface area contributed by atoms with E-state index >= 15 is 0 Å². The number of carbonyl (C=O) groups is 2. The summed E-state index contributed by atoms with van der Waals surface area (Å²) in [4.78, 5) is 30.4. The summed E-state index contributed by atoms with van der Waals surface area (Å²) in [5.41, 5.74) is 0. The summed E-state index contributed by atoms with van der Waals surface area (Å²) in [6, 6.07) is -1.05. The first-order valence-corrected chi connectivity index (χ1v) is 3.96. The first-order chi connectivity index (χ1) is 5.57. The fourth-order valence-corrected chi connectivity index (χ4v) is 0.961. The number of hydrogen-bond acceptors (Lipinski definition) is 5. The van der Waals surface area contributed by atoms with Crippen LogP contribution in [0.15, 0.2) is 4.58 Å². The molecule has 2 N–H and O–H groups in total. The lowest BCUT2D eigenvalue weighted by atomic mass is 10.3. The van der Waals surface area contributed by atoms with Crippen LogP contribution in [-0.4, -0.2) is 28.8 Å². The van der Waals surface area contributed by atoms with Gasteiger partial charge in [0.15, 0.2) is 0 Å². The Bertz CT molecular complexity index is 196. The Kier molecular flexibility index (Phi) is 5.02. The van der Waals surface area contributed by atoms with Crippen molar-refractivity contribution >= 4 is 23.8 Å². The number of amides is 1. The molecule has 0 aliphatic carbocycles. The molecule has 0 heterocycles. The van der Waals surface area contributed by atoms with Gasteiger partial charge in [0.05, 0.1) is 0 Å². The summed E-state index contributed by atoms with van der Waals surface area (Å²) in [5, 5.41) is 10.6. The summed E-state index contributed by atoms with van der Waals surface area (Å²) in [6.45, 7) is 1.20. The molecular weight excluding hydrogens is 184 g/mol. The van der Waals surface area contributed by atoms with E-state index < -0.39 is 17.9 Å². The van der Waals surface area contributed by atoms with Crippen molar-refractivity contribution in [2.45, 2.75) is 13.0 Å². The first-order valence-electron chi connectivity index (χ1n) is 3.02. The highest BCUT2D eigenvalue weighted by Gasteiger charge is 2.18. The topological polar surface area (TPSA) is 95.8 Å². The van der Waals surface area contributed by atoms with Gasteiger partial charge in [0.25, 0.3) is 0 Å². The standard InChI is InChI=1S/C5H8N2O4S/c1-3(8)6-4(5(9)10)2-12-7-11/h4H,2H2,1H3,(H,6,8)(H,9,10)/t4-/m1/s1. The van der Waals surface area contributed by atoms with Crippen LogP contribution >= 0.6 is 11.9 Å². The van der Waals surface area contributed by atoms with Crippen molar-refractivity contribution in [3.05, 3.63) is 4.91 Å². The van der Waals surface area contributed by atoms with Crippen molar-refractivity contribution in [3.63, 3.8) is 0 Å². The molecule has 0 bridgehead atoms. The molecule has 0 fully saturated rings. The van der Waals surface area contributed by atoms with Crippen LogP contribution in [0.3, 0.4) is 0 Å². The maximum Gasteiger partial charge on any atom is 0.327 e. The summed E-state index contributed by atoms with van der Waals surface area (Å²) >= 11 is 0.560. The first kappa shape index (κ1) is 10.9. The average molecular weight is 192 g/mol. The number of carbonyl (C=O) groups excluding carboxylic acids is 1. The third-order valence-electron chi connectivity index (χ3n) is 0.969. The van der Waals surface area contributed by atoms with Crippen LogP contribution in [0.2, 0.25) is 0 Å². The van der Waals surface area contributed by atoms with E-state index in [0.717, 1.165) is 0 Å². The molecule has 0 rings (SSSR count). The second kappa shape index (κ2) is 5.53. The highest BCUT2D eigenvalue weighted by atomic mass is 32.2. The van der Waals surface area contributed by atoms with E-state index in [0.29, 0.717) is 11.9 Å². The van der Waals surface area contributed by atoms with Crippen LogP contribution < -0.4 is 5.32 Å². The predicted molar refractivity (Wildman–Crippen MR) is 43.5 cm³/mol. The molecule has 0 aromatic rings. The highest BCUT2D eigenvalue weighted by molar-refractivity contribution is 7.97. The molecule has 68 valence electrons. The SMILES string of the molecule is CC(=O)N[C@H](CSN=O)C(=O)O. The van der Waals surface area contributed by atoms with Gasteiger partial charge in [0.2, 0.25) is 5.91 Å². The molecule has 0 spiro atoms. The molecule has 0 aromatic carbocycles. The number of rotatable bonds is 5. The van der Waals surface area contributed by atoms with Gasteiger partial charge in [-0.25, -0.2) is 4.79 Å². The van der Waals surface area contributed by atoms with Gasteiger partial charge >= 0.3 is 5.97 Å². The maximum absolute atomic E-state index is 10.4. The minimum absolute atomic E-state index is 0.0571. The monoisotopic (exact) mass is 192 g/mol. The third-order valence-corrected chi connectivity index (χ3v) is 1.56. The number of nitroso groups, excluding NO2 is 1. The number of nitrogens with zero attached hydrogens (tertiary/aromatic N) is 1. The van der Waals surface area contributed by atoms with E-state index in [1.807, 2.05) is 0 Å². The molecule has 0 aromatic heterocycles. The van der Waals surface area contributed by atoms with Gasteiger partial charge in [0.1, 0.15) is 6.04 Å². The zero-order valence-corrected chi connectivity index (χ0v) is 7.13. The van der Waals surface area contributed by atoms with Crippen molar-refractivity contribution in [2.24, 2.45) is 4.58 Å². The molecule has 12 heavy (non-hydrogen) atoms. The molecule has 1 amide bonds. The number of nitrogens with one attached hydrogen (secondary N) is 1. The Balaban J connectivity index is 3.94. The Morgan fingerprint density at radius 2 is 2.25 bits per heavy atom. The Labute approximate surface area is 72.8 Å². The van der Waals surface area contributed by atoms with Crippen LogP contribution in [-0.2, 0) is 9.59 Å². The second-order valence-corrected chi connectivity index (χ2v) is 2.70. The van der Waals surface area contributed by atoms with Crippen LogP contribution in [0.5, 0.6) is 0 Å². The molecule has 0 saturated carbocycles. The zero-order chi connectivity index (χ0) is 9.56. The van der Waals surface area contributed by atoms with Crippen LogP contribution in [0.4, 0.5) is 0 Å². The Morgan fingerprint density at radius 3 is 2.58 bits per heavy atom. The van der Waals surface area contributed by atoms with Gasteiger partial charge in [-0.05, 0) is 0 Å². The highest BCUT2D eigenvalue weighted by Crippen LogP contribution is 2.03. The summed E-state index contributed by atoms with van der Waals surface area (Å²) in [6.07, 6.45) is 0. The van der Waals surface area contributed by atoms with Crippen molar-refractivity contribution in [1.82, 2.24) is 5.32 Å². The lowest BCUT2D eigenvalue weighted by Gasteiger charge is -2.09. The zero-order valence-electron chi connectivity index (χ0n) is 6.31. The van der Waals surface area contributed by atoms with Crippen molar-refractivity contribution < 1.29 is 14.7 Å². The summed E-state index contributed by atoms with van der Waals surface area (Å²) in [5.74, 6) is -1.69. The number of carboxylic acids is 1. The normalized spacial score (nSPS) is 11.8. The van der Waals surface area contributed by atoms with Crippen molar-refractivity contribution in [2.75, 3.05) is 5.75 Å². The van der Waals surface area contributed by atoms with Gasteiger partial charge < -0.3 is 10.4 Å². The van der Waals surface area contributed by atoms with Gasteiger partial charge in [0, 0.05) is 29.2 Å². The fourth-order valence-electron chi connectivity index (χ4n) is 0.525. The molecule has 7 heteroatoms. The molecule has 6 nitrogen and oxygen atoms in total. The molecule has 1 atom stereocenters. The third kappa shape index (κ3) is 4.67. The average Bonchev–Trinajstić information content (AvgIpc) is 1.96. The van der Waals surface area contributed by atoms with Crippen molar-refractivity contribution in [1.29, 1.82) is 0 Å². The van der Waals surface area contributed by atoms with Crippen molar-refractivity contribution in [3.8, 4) is 0 Å². The molecule has 0 aliphatic rings. The van der Waals surface area contributed by atoms with E-state index in [1.165, 1.54) is 6.92 Å². The molecule has 0 saturated heterocycles. The van der Waals surface area contributed by atoms with Gasteiger partial charge in [-0.15, -0.1) is 4.91 Å². The lowest BCUT2D eigenvalue weighted by Crippen LogP contribution is -2.41. The Hall–Kier alpha value is -1.11. The van der Waals surface area contributed by atoms with Gasteiger partial charge in [-0.1, -0.05) is 0 Å². The molecular formula is C5H8N2O4S. The van der Waals surface area contributed by atoms with E-state index in [9.17, 15) is 14.5 Å². The minimum atomic E-state index is -1.18. The predicted octanol–water partition coefficient (Wildman–Crippen LogP) is -0.00970. The lowest BCUT2D eigenvalue weighted by molar-refractivity contribution is -0.140. The summed E-state index contributed by atoms with van der Waals surface area (Å²) < 4.78 is 2.42. The number of hydrogen-bond donors (Lipinski definition) is 2. The quantitative estimate of drug-likeness (QED) is 0.471. The number of aliphatic carboxylic acids is 1. The molecule has 0 unspecified atom stereocenters. The largest absolute Gasteiger partial charge is 0.480 e. The molecule has 0 radical (unpaired) electrons. The fraction of sp³-hybridized carbons (Fsp3) is 0.600. The maximum atomic E-state index is 10.4. The van der Waals surface area contributed by atoms with E-state index in [4.69, 9.17) is 5.11 Å². The minimum Gasteiger partial charge on any atom is -0.480 e. The van der Waals surface area contributed by atoms with E-state index in [2.05, 4.69) is 9.90 Å². The van der Waals surface area contributed by atoms with Crippen LogP contribution in [0.1, 0.15) is 6.92 Å². The molecule has 0 aliphatic heterocycles. The summed E-state index contributed by atoms with van der Waals surface area (Å²) in [7, 11) is 0. The van der Waals surface area contributed by atoms with E-state index in [1.54, 1.807) is 0 Å². The van der Waals surface area contributed by atoms with Gasteiger partial charge in [-0.2, -0.15) is 0 Å². The van der Waals surface area contributed by atoms with Gasteiger partial charge in [-0.3, -0.25) is 4.79 Å².